The number of carbonyl (C=O) groups is 1. The average Bonchev–Trinajstić information content (AvgIpc) is 3.05. The smallest absolute Gasteiger partial charge is 0.330 e. The number of rotatable bonds is 6. The van der Waals surface area contributed by atoms with Crippen LogP contribution in [0.1, 0.15) is 23.2 Å². The summed E-state index contributed by atoms with van der Waals surface area (Å²) in [6, 6.07) is 8.00. The summed E-state index contributed by atoms with van der Waals surface area (Å²) in [6.45, 7) is 1.18. The van der Waals surface area contributed by atoms with Gasteiger partial charge in [0.2, 0.25) is 0 Å². The molecule has 0 bridgehead atoms. The van der Waals surface area contributed by atoms with Crippen molar-refractivity contribution in [1.29, 1.82) is 0 Å². The van der Waals surface area contributed by atoms with Gasteiger partial charge >= 0.3 is 5.97 Å². The molecule has 2 aromatic rings. The van der Waals surface area contributed by atoms with Gasteiger partial charge in [-0.1, -0.05) is 12.1 Å². The number of nitrogens with zero attached hydrogens (tertiary/aromatic N) is 2. The van der Waals surface area contributed by atoms with Gasteiger partial charge < -0.3 is 9.47 Å². The van der Waals surface area contributed by atoms with Crippen LogP contribution in [0.4, 0.5) is 0 Å². The molecule has 118 valence electrons. The molecule has 0 saturated heterocycles. The zero-order chi connectivity index (χ0) is 15.9. The van der Waals surface area contributed by atoms with Gasteiger partial charge in [0.15, 0.2) is 0 Å². The maximum Gasteiger partial charge on any atom is 0.330 e. The molecular formula is C18H18N2O3. The summed E-state index contributed by atoms with van der Waals surface area (Å²) < 4.78 is 10.7. The van der Waals surface area contributed by atoms with E-state index in [2.05, 4.69) is 22.1 Å². The first kappa shape index (κ1) is 15.2. The second kappa shape index (κ2) is 7.54. The van der Waals surface area contributed by atoms with Gasteiger partial charge in [0, 0.05) is 18.7 Å². The summed E-state index contributed by atoms with van der Waals surface area (Å²) in [5.41, 5.74) is 3.20. The fourth-order valence-electron chi connectivity index (χ4n) is 2.45. The molecule has 1 aromatic heterocycles. The number of esters is 1. The van der Waals surface area contributed by atoms with Crippen molar-refractivity contribution in [2.24, 2.45) is 0 Å². The lowest BCUT2D eigenvalue weighted by molar-refractivity contribution is -0.137. The third-order valence-corrected chi connectivity index (χ3v) is 3.60. The van der Waals surface area contributed by atoms with E-state index < -0.39 is 0 Å². The minimum absolute atomic E-state index is 0.356. The van der Waals surface area contributed by atoms with E-state index in [1.165, 1.54) is 23.5 Å². The summed E-state index contributed by atoms with van der Waals surface area (Å²) in [5, 5.41) is 0. The lowest BCUT2D eigenvalue weighted by Crippen LogP contribution is -2.03. The number of benzene rings is 1. The fraction of sp³-hybridized carbons (Fsp3) is 0.278. The summed E-state index contributed by atoms with van der Waals surface area (Å²) >= 11 is 0. The molecule has 0 fully saturated rings. The normalized spacial score (nSPS) is 12.9. The van der Waals surface area contributed by atoms with Crippen molar-refractivity contribution >= 4 is 12.0 Å². The first-order valence-electron chi connectivity index (χ1n) is 7.67. The minimum Gasteiger partial charge on any atom is -0.493 e. The van der Waals surface area contributed by atoms with Crippen LogP contribution in [0.5, 0.6) is 5.75 Å². The van der Waals surface area contributed by atoms with Crippen molar-refractivity contribution in [1.82, 2.24) is 9.97 Å². The van der Waals surface area contributed by atoms with E-state index in [4.69, 9.17) is 9.47 Å². The van der Waals surface area contributed by atoms with Crippen LogP contribution in [0.3, 0.4) is 0 Å². The highest BCUT2D eigenvalue weighted by molar-refractivity contribution is 5.86. The van der Waals surface area contributed by atoms with Gasteiger partial charge in [0.1, 0.15) is 12.1 Å². The van der Waals surface area contributed by atoms with Crippen molar-refractivity contribution in [2.45, 2.75) is 19.3 Å². The van der Waals surface area contributed by atoms with E-state index in [9.17, 15) is 4.79 Å². The third kappa shape index (κ3) is 4.39. The van der Waals surface area contributed by atoms with E-state index in [1.54, 1.807) is 18.3 Å². The van der Waals surface area contributed by atoms with E-state index in [0.717, 1.165) is 31.6 Å². The first-order chi connectivity index (χ1) is 11.3. The van der Waals surface area contributed by atoms with Crippen LogP contribution in [-0.4, -0.2) is 29.2 Å². The number of fused-ring (bicyclic) bond motifs is 1. The Morgan fingerprint density at radius 2 is 2.30 bits per heavy atom. The predicted octanol–water partition coefficient (Wildman–Crippen LogP) is 2.60. The van der Waals surface area contributed by atoms with Crippen LogP contribution in [0.2, 0.25) is 0 Å². The molecule has 1 aromatic carbocycles. The van der Waals surface area contributed by atoms with Crippen molar-refractivity contribution in [2.75, 3.05) is 13.2 Å². The van der Waals surface area contributed by atoms with Crippen molar-refractivity contribution < 1.29 is 14.3 Å². The van der Waals surface area contributed by atoms with Gasteiger partial charge in [-0.05, 0) is 42.2 Å². The van der Waals surface area contributed by atoms with Crippen LogP contribution in [0.15, 0.2) is 42.9 Å². The lowest BCUT2D eigenvalue weighted by Gasteiger charge is -2.05. The van der Waals surface area contributed by atoms with Crippen LogP contribution < -0.4 is 4.74 Å². The summed E-state index contributed by atoms with van der Waals surface area (Å²) in [5.74, 6) is 0.640. The Morgan fingerprint density at radius 1 is 1.35 bits per heavy atom. The summed E-state index contributed by atoms with van der Waals surface area (Å²) in [6.07, 6.45) is 8.72. The Balaban J connectivity index is 1.39. The Hall–Kier alpha value is -2.69. The second-order valence-corrected chi connectivity index (χ2v) is 5.28. The molecule has 3 rings (SSSR count). The van der Waals surface area contributed by atoms with Crippen molar-refractivity contribution in [3.63, 3.8) is 0 Å². The molecule has 0 spiro atoms. The predicted molar refractivity (Wildman–Crippen MR) is 86.0 cm³/mol. The van der Waals surface area contributed by atoms with E-state index in [-0.39, 0.29) is 5.97 Å². The zero-order valence-corrected chi connectivity index (χ0v) is 12.8. The monoisotopic (exact) mass is 310 g/mol. The number of carbonyl (C=O) groups excluding carboxylic acids is 1. The molecule has 0 N–H and O–H groups in total. The van der Waals surface area contributed by atoms with Gasteiger partial charge in [-0.25, -0.2) is 14.8 Å². The maximum absolute atomic E-state index is 11.6. The van der Waals surface area contributed by atoms with Crippen molar-refractivity contribution in [3.8, 4) is 5.75 Å². The molecule has 0 radical (unpaired) electrons. The number of ether oxygens (including phenoxy) is 2. The molecule has 1 aliphatic rings. The summed E-state index contributed by atoms with van der Waals surface area (Å²) in [4.78, 5) is 19.4. The van der Waals surface area contributed by atoms with Crippen molar-refractivity contribution in [3.05, 3.63) is 59.7 Å². The Morgan fingerprint density at radius 3 is 3.17 bits per heavy atom. The molecule has 2 heterocycles. The van der Waals surface area contributed by atoms with Crippen LogP contribution >= 0.6 is 0 Å². The van der Waals surface area contributed by atoms with E-state index >= 15 is 0 Å². The molecule has 0 aliphatic carbocycles. The minimum atomic E-state index is -0.356. The van der Waals surface area contributed by atoms with Gasteiger partial charge in [0.05, 0.1) is 18.9 Å². The molecule has 0 unspecified atom stereocenters. The quantitative estimate of drug-likeness (QED) is 0.466. The number of hydrogen-bond acceptors (Lipinski definition) is 5. The molecule has 0 saturated carbocycles. The van der Waals surface area contributed by atoms with Crippen LogP contribution in [0.25, 0.3) is 6.08 Å². The summed E-state index contributed by atoms with van der Waals surface area (Å²) in [7, 11) is 0. The highest BCUT2D eigenvalue weighted by Gasteiger charge is 2.11. The maximum atomic E-state index is 11.6. The molecule has 1 aliphatic heterocycles. The van der Waals surface area contributed by atoms with Gasteiger partial charge in [0.25, 0.3) is 0 Å². The molecule has 5 heteroatoms. The van der Waals surface area contributed by atoms with Gasteiger partial charge in [-0.2, -0.15) is 0 Å². The highest BCUT2D eigenvalue weighted by Crippen LogP contribution is 2.26. The van der Waals surface area contributed by atoms with Gasteiger partial charge in [-0.3, -0.25) is 0 Å². The fourth-order valence-corrected chi connectivity index (χ4v) is 2.45. The SMILES string of the molecule is O=C(/C=C/c1ccncn1)OCCCc1ccc2c(c1)CCO2. The van der Waals surface area contributed by atoms with Crippen LogP contribution in [0, 0.1) is 0 Å². The molecule has 0 atom stereocenters. The highest BCUT2D eigenvalue weighted by atomic mass is 16.5. The van der Waals surface area contributed by atoms with Crippen LogP contribution in [-0.2, 0) is 22.4 Å². The van der Waals surface area contributed by atoms with E-state index in [0.29, 0.717) is 12.3 Å². The lowest BCUT2D eigenvalue weighted by atomic mass is 10.1. The van der Waals surface area contributed by atoms with Gasteiger partial charge in [-0.15, -0.1) is 0 Å². The standard InChI is InChI=1S/C18H18N2O3/c21-18(6-4-16-7-9-19-13-20-16)23-10-1-2-14-3-5-17-15(12-14)8-11-22-17/h3-7,9,12-13H,1-2,8,10-11H2/b6-4+. The Bertz CT molecular complexity index is 699. The third-order valence-electron chi connectivity index (χ3n) is 3.60. The molecule has 23 heavy (non-hydrogen) atoms. The molecular weight excluding hydrogens is 292 g/mol. The number of aryl methyl sites for hydroxylation is 1. The molecule has 5 nitrogen and oxygen atoms in total. The molecule has 0 amide bonds. The Labute approximate surface area is 135 Å². The second-order valence-electron chi connectivity index (χ2n) is 5.28. The number of hydrogen-bond donors (Lipinski definition) is 0. The topological polar surface area (TPSA) is 61.3 Å². The first-order valence-corrected chi connectivity index (χ1v) is 7.67. The largest absolute Gasteiger partial charge is 0.493 e. The number of aromatic nitrogens is 2. The Kier molecular flexibility index (Phi) is 4.99. The zero-order valence-electron chi connectivity index (χ0n) is 12.8. The average molecular weight is 310 g/mol. The van der Waals surface area contributed by atoms with E-state index in [1.807, 2.05) is 6.07 Å².